The van der Waals surface area contributed by atoms with E-state index in [1.54, 1.807) is 19.3 Å². The Morgan fingerprint density at radius 3 is 2.64 bits per heavy atom. The van der Waals surface area contributed by atoms with Gasteiger partial charge in [-0.3, -0.25) is 4.79 Å². The number of amides is 1. The van der Waals surface area contributed by atoms with Gasteiger partial charge >= 0.3 is 0 Å². The highest BCUT2D eigenvalue weighted by Crippen LogP contribution is 2.28. The molecule has 1 saturated heterocycles. The van der Waals surface area contributed by atoms with Gasteiger partial charge in [0.05, 0.1) is 13.7 Å². The molecule has 1 N–H and O–H groups in total. The van der Waals surface area contributed by atoms with Crippen LogP contribution < -0.4 is 14.8 Å². The van der Waals surface area contributed by atoms with E-state index in [1.165, 1.54) is 0 Å². The minimum Gasteiger partial charge on any atom is -0.493 e. The number of piperazine rings is 1. The van der Waals surface area contributed by atoms with E-state index in [0.717, 1.165) is 50.5 Å². The topological polar surface area (TPSA) is 54.0 Å². The lowest BCUT2D eigenvalue weighted by Crippen LogP contribution is -2.45. The van der Waals surface area contributed by atoms with Gasteiger partial charge in [-0.2, -0.15) is 0 Å². The summed E-state index contributed by atoms with van der Waals surface area (Å²) >= 11 is 0. The molecule has 1 aromatic rings. The number of nitrogens with one attached hydrogen (secondary N) is 1. The Balaban J connectivity index is 1.73. The molecule has 0 aromatic heterocycles. The molecular formula is C22H35N3O3. The highest BCUT2D eigenvalue weighted by Gasteiger charge is 2.12. The molecule has 1 aliphatic rings. The average Bonchev–Trinajstić information content (AvgIpc) is 2.69. The number of benzene rings is 1. The van der Waals surface area contributed by atoms with Gasteiger partial charge in [-0.1, -0.05) is 19.9 Å². The molecule has 1 amide bonds. The Labute approximate surface area is 169 Å². The molecule has 156 valence electrons. The monoisotopic (exact) mass is 389 g/mol. The fraction of sp³-hybridized carbons (Fsp3) is 0.591. The highest BCUT2D eigenvalue weighted by atomic mass is 16.5. The van der Waals surface area contributed by atoms with Crippen LogP contribution in [0.15, 0.2) is 24.3 Å². The van der Waals surface area contributed by atoms with E-state index in [0.29, 0.717) is 24.8 Å². The molecule has 1 heterocycles. The Morgan fingerprint density at radius 1 is 1.21 bits per heavy atom. The zero-order valence-electron chi connectivity index (χ0n) is 17.7. The summed E-state index contributed by atoms with van der Waals surface area (Å²) in [5.41, 5.74) is 0.904. The van der Waals surface area contributed by atoms with Crippen molar-refractivity contribution in [1.29, 1.82) is 0 Å². The largest absolute Gasteiger partial charge is 0.493 e. The molecule has 0 atom stereocenters. The second kappa shape index (κ2) is 11.7. The van der Waals surface area contributed by atoms with Gasteiger partial charge < -0.3 is 24.6 Å². The number of hydrogen-bond donors (Lipinski definition) is 1. The number of carbonyl (C=O) groups is 1. The first kappa shape index (κ1) is 22.2. The van der Waals surface area contributed by atoms with Crippen LogP contribution in [-0.4, -0.2) is 75.7 Å². The van der Waals surface area contributed by atoms with Gasteiger partial charge in [0.2, 0.25) is 5.91 Å². The summed E-state index contributed by atoms with van der Waals surface area (Å²) in [6.45, 7) is 11.1. The molecular weight excluding hydrogens is 354 g/mol. The first-order chi connectivity index (χ1) is 13.5. The van der Waals surface area contributed by atoms with Crippen molar-refractivity contribution in [2.75, 3.05) is 60.0 Å². The van der Waals surface area contributed by atoms with Crippen molar-refractivity contribution in [3.8, 4) is 11.5 Å². The fourth-order valence-corrected chi connectivity index (χ4v) is 2.98. The zero-order chi connectivity index (χ0) is 20.4. The first-order valence-electron chi connectivity index (χ1n) is 10.2. The molecule has 0 aliphatic carbocycles. The van der Waals surface area contributed by atoms with E-state index < -0.39 is 0 Å². The second-order valence-corrected chi connectivity index (χ2v) is 7.74. The Hall–Kier alpha value is -2.05. The standard InChI is InChI=1S/C22H35N3O3/c1-18(2)17-28-20-8-6-19(16-21(20)27-4)7-9-22(26)23-10-5-11-25-14-12-24(3)13-15-25/h6-9,16,18H,5,10-15,17H2,1-4H3,(H,23,26)/b9-7+. The molecule has 0 bridgehead atoms. The summed E-state index contributed by atoms with van der Waals surface area (Å²) in [5, 5.41) is 2.96. The molecule has 1 fully saturated rings. The number of ether oxygens (including phenoxy) is 2. The number of carbonyl (C=O) groups excluding carboxylic acids is 1. The van der Waals surface area contributed by atoms with Crippen molar-refractivity contribution in [3.05, 3.63) is 29.8 Å². The molecule has 0 radical (unpaired) electrons. The third-order valence-electron chi connectivity index (χ3n) is 4.73. The van der Waals surface area contributed by atoms with Crippen molar-refractivity contribution in [2.24, 2.45) is 5.92 Å². The van der Waals surface area contributed by atoms with Crippen LogP contribution in [0, 0.1) is 5.92 Å². The maximum Gasteiger partial charge on any atom is 0.243 e. The fourth-order valence-electron chi connectivity index (χ4n) is 2.98. The van der Waals surface area contributed by atoms with Crippen LogP contribution in [0.3, 0.4) is 0 Å². The molecule has 2 rings (SSSR count). The third kappa shape index (κ3) is 7.90. The summed E-state index contributed by atoms with van der Waals surface area (Å²) in [4.78, 5) is 16.8. The van der Waals surface area contributed by atoms with Crippen molar-refractivity contribution in [2.45, 2.75) is 20.3 Å². The van der Waals surface area contributed by atoms with Crippen LogP contribution in [0.25, 0.3) is 6.08 Å². The van der Waals surface area contributed by atoms with E-state index in [-0.39, 0.29) is 5.91 Å². The predicted octanol–water partition coefficient (Wildman–Crippen LogP) is 2.50. The zero-order valence-corrected chi connectivity index (χ0v) is 17.7. The lowest BCUT2D eigenvalue weighted by atomic mass is 10.2. The molecule has 1 aromatic carbocycles. The highest BCUT2D eigenvalue weighted by molar-refractivity contribution is 5.91. The summed E-state index contributed by atoms with van der Waals surface area (Å²) in [6.07, 6.45) is 4.34. The average molecular weight is 390 g/mol. The lowest BCUT2D eigenvalue weighted by molar-refractivity contribution is -0.116. The van der Waals surface area contributed by atoms with Gasteiger partial charge in [0.15, 0.2) is 11.5 Å². The molecule has 1 aliphatic heterocycles. The van der Waals surface area contributed by atoms with Crippen LogP contribution in [0.1, 0.15) is 25.8 Å². The molecule has 0 spiro atoms. The lowest BCUT2D eigenvalue weighted by Gasteiger charge is -2.32. The molecule has 28 heavy (non-hydrogen) atoms. The normalized spacial score (nSPS) is 15.9. The minimum absolute atomic E-state index is 0.0718. The summed E-state index contributed by atoms with van der Waals surface area (Å²) in [6, 6.07) is 5.69. The van der Waals surface area contributed by atoms with E-state index >= 15 is 0 Å². The predicted molar refractivity (Wildman–Crippen MR) is 114 cm³/mol. The second-order valence-electron chi connectivity index (χ2n) is 7.74. The number of hydrogen-bond acceptors (Lipinski definition) is 5. The number of rotatable bonds is 10. The van der Waals surface area contributed by atoms with Crippen LogP contribution in [0.4, 0.5) is 0 Å². The quantitative estimate of drug-likeness (QED) is 0.492. The van der Waals surface area contributed by atoms with Gasteiger partial charge in [0.1, 0.15) is 0 Å². The van der Waals surface area contributed by atoms with Crippen molar-refractivity contribution in [1.82, 2.24) is 15.1 Å². The van der Waals surface area contributed by atoms with E-state index in [9.17, 15) is 4.79 Å². The smallest absolute Gasteiger partial charge is 0.243 e. The van der Waals surface area contributed by atoms with Gasteiger partial charge in [0.25, 0.3) is 0 Å². The molecule has 0 unspecified atom stereocenters. The summed E-state index contributed by atoms with van der Waals surface area (Å²) in [7, 11) is 3.78. The Bertz CT molecular complexity index is 638. The van der Waals surface area contributed by atoms with Crippen LogP contribution in [-0.2, 0) is 4.79 Å². The van der Waals surface area contributed by atoms with Gasteiger partial charge in [-0.05, 0) is 49.7 Å². The maximum atomic E-state index is 12.0. The maximum absolute atomic E-state index is 12.0. The molecule has 0 saturated carbocycles. The van der Waals surface area contributed by atoms with Gasteiger partial charge in [-0.25, -0.2) is 0 Å². The van der Waals surface area contributed by atoms with Crippen LogP contribution >= 0.6 is 0 Å². The Morgan fingerprint density at radius 2 is 1.96 bits per heavy atom. The van der Waals surface area contributed by atoms with Crippen LogP contribution in [0.2, 0.25) is 0 Å². The number of likely N-dealkylation sites (N-methyl/N-ethyl adjacent to an activating group) is 1. The van der Waals surface area contributed by atoms with Gasteiger partial charge in [-0.15, -0.1) is 0 Å². The van der Waals surface area contributed by atoms with Crippen LogP contribution in [0.5, 0.6) is 11.5 Å². The molecule has 6 nitrogen and oxygen atoms in total. The third-order valence-corrected chi connectivity index (χ3v) is 4.73. The Kier molecular flexibility index (Phi) is 9.31. The SMILES string of the molecule is COc1cc(/C=C/C(=O)NCCCN2CCN(C)CC2)ccc1OCC(C)C. The van der Waals surface area contributed by atoms with Crippen molar-refractivity contribution < 1.29 is 14.3 Å². The van der Waals surface area contributed by atoms with E-state index in [1.807, 2.05) is 18.2 Å². The number of methoxy groups -OCH3 is 1. The molecule has 6 heteroatoms. The van der Waals surface area contributed by atoms with Gasteiger partial charge in [0, 0.05) is 38.8 Å². The minimum atomic E-state index is -0.0718. The van der Waals surface area contributed by atoms with E-state index in [2.05, 4.69) is 36.0 Å². The summed E-state index contributed by atoms with van der Waals surface area (Å²) in [5.74, 6) is 1.78. The van der Waals surface area contributed by atoms with Crippen molar-refractivity contribution >= 4 is 12.0 Å². The van der Waals surface area contributed by atoms with Crippen molar-refractivity contribution in [3.63, 3.8) is 0 Å². The van der Waals surface area contributed by atoms with E-state index in [4.69, 9.17) is 9.47 Å². The summed E-state index contributed by atoms with van der Waals surface area (Å²) < 4.78 is 11.2. The number of nitrogens with zero attached hydrogens (tertiary/aromatic N) is 2. The first-order valence-corrected chi connectivity index (χ1v) is 10.2.